The Balaban J connectivity index is 2.26. The molecule has 1 aromatic carbocycles. The van der Waals surface area contributed by atoms with Crippen molar-refractivity contribution in [2.75, 3.05) is 5.32 Å². The maximum Gasteiger partial charge on any atom is 0.261 e. The summed E-state index contributed by atoms with van der Waals surface area (Å²) in [5.74, 6) is 2.81. The maximum atomic E-state index is 12.2. The summed E-state index contributed by atoms with van der Waals surface area (Å²) in [4.78, 5) is 12.2. The van der Waals surface area contributed by atoms with Crippen LogP contribution >= 0.6 is 0 Å². The summed E-state index contributed by atoms with van der Waals surface area (Å²) < 4.78 is 5.05. The lowest BCUT2D eigenvalue weighted by atomic mass is 10.1. The smallest absolute Gasteiger partial charge is 0.261 e. The van der Waals surface area contributed by atoms with Crippen LogP contribution in [-0.4, -0.2) is 11.1 Å². The van der Waals surface area contributed by atoms with Crippen LogP contribution in [0.25, 0.3) is 0 Å². The van der Waals surface area contributed by atoms with Gasteiger partial charge in [-0.3, -0.25) is 4.79 Å². The molecule has 4 heteroatoms. The molecular weight excluding hydrogens is 240 g/mol. The van der Waals surface area contributed by atoms with Gasteiger partial charge >= 0.3 is 0 Å². The van der Waals surface area contributed by atoms with Gasteiger partial charge in [-0.25, -0.2) is 0 Å². The van der Waals surface area contributed by atoms with Gasteiger partial charge in [0.25, 0.3) is 5.91 Å². The van der Waals surface area contributed by atoms with E-state index >= 15 is 0 Å². The van der Waals surface area contributed by atoms with Crippen molar-refractivity contribution in [3.63, 3.8) is 0 Å². The topological polar surface area (TPSA) is 55.1 Å². The van der Waals surface area contributed by atoms with E-state index in [4.69, 9.17) is 10.9 Å². The van der Waals surface area contributed by atoms with E-state index in [1.165, 1.54) is 0 Å². The molecule has 0 unspecified atom stereocenters. The van der Waals surface area contributed by atoms with Crippen molar-refractivity contribution in [2.24, 2.45) is 0 Å². The Morgan fingerprint density at radius 3 is 3.00 bits per heavy atom. The molecule has 96 valence electrons. The van der Waals surface area contributed by atoms with E-state index < -0.39 is 0 Å². The van der Waals surface area contributed by atoms with Crippen LogP contribution in [0.1, 0.15) is 34.3 Å². The van der Waals surface area contributed by atoms with Gasteiger partial charge in [0.15, 0.2) is 0 Å². The molecule has 0 spiro atoms. The number of aromatic nitrogens is 1. The summed E-state index contributed by atoms with van der Waals surface area (Å²) in [6.45, 7) is 3.64. The number of amides is 1. The van der Waals surface area contributed by atoms with Crippen molar-refractivity contribution in [1.82, 2.24) is 5.16 Å². The number of benzene rings is 1. The quantitative estimate of drug-likeness (QED) is 0.857. The molecule has 1 amide bonds. The third-order valence-electron chi connectivity index (χ3n) is 2.78. The highest BCUT2D eigenvalue weighted by molar-refractivity contribution is 6.05. The first-order valence-electron chi connectivity index (χ1n) is 5.99. The molecule has 0 bridgehead atoms. The monoisotopic (exact) mass is 254 g/mol. The molecule has 1 N–H and O–H groups in total. The third-order valence-corrected chi connectivity index (χ3v) is 2.78. The van der Waals surface area contributed by atoms with E-state index in [-0.39, 0.29) is 5.91 Å². The minimum Gasteiger partial charge on any atom is -0.361 e. The number of carbonyl (C=O) groups excluding carboxylic acids is 1. The molecule has 0 aliphatic carbocycles. The van der Waals surface area contributed by atoms with Gasteiger partial charge in [0.2, 0.25) is 0 Å². The molecular formula is C15H14N2O2. The lowest BCUT2D eigenvalue weighted by molar-refractivity contribution is 0.102. The fourth-order valence-electron chi connectivity index (χ4n) is 1.83. The molecule has 0 radical (unpaired) electrons. The molecule has 19 heavy (non-hydrogen) atoms. The Hall–Kier alpha value is -2.54. The van der Waals surface area contributed by atoms with Crippen molar-refractivity contribution in [2.45, 2.75) is 20.3 Å². The lowest BCUT2D eigenvalue weighted by Crippen LogP contribution is -2.14. The lowest BCUT2D eigenvalue weighted by Gasteiger charge is -2.05. The van der Waals surface area contributed by atoms with Crippen LogP contribution in [0, 0.1) is 19.3 Å². The van der Waals surface area contributed by atoms with Crippen LogP contribution < -0.4 is 5.32 Å². The molecule has 1 aromatic heterocycles. The Kier molecular flexibility index (Phi) is 3.67. The average molecular weight is 254 g/mol. The first-order chi connectivity index (χ1) is 9.15. The first kappa shape index (κ1) is 12.9. The molecule has 0 saturated carbocycles. The van der Waals surface area contributed by atoms with Crippen LogP contribution in [0.5, 0.6) is 0 Å². The minimum absolute atomic E-state index is 0.232. The summed E-state index contributed by atoms with van der Waals surface area (Å²) >= 11 is 0. The van der Waals surface area contributed by atoms with E-state index in [9.17, 15) is 4.79 Å². The predicted molar refractivity (Wildman–Crippen MR) is 72.9 cm³/mol. The largest absolute Gasteiger partial charge is 0.361 e. The van der Waals surface area contributed by atoms with Gasteiger partial charge in [-0.2, -0.15) is 0 Å². The minimum atomic E-state index is -0.232. The normalized spacial score (nSPS) is 9.95. The second-order valence-electron chi connectivity index (χ2n) is 4.09. The second kappa shape index (κ2) is 5.40. The van der Waals surface area contributed by atoms with Crippen LogP contribution in [0.15, 0.2) is 28.8 Å². The molecule has 0 aliphatic rings. The number of nitrogens with zero attached hydrogens (tertiary/aromatic N) is 1. The van der Waals surface area contributed by atoms with Gasteiger partial charge < -0.3 is 9.84 Å². The van der Waals surface area contributed by atoms with E-state index in [1.807, 2.05) is 6.92 Å². The van der Waals surface area contributed by atoms with Crippen molar-refractivity contribution in [1.29, 1.82) is 0 Å². The number of hydrogen-bond acceptors (Lipinski definition) is 3. The Morgan fingerprint density at radius 1 is 1.53 bits per heavy atom. The molecule has 0 aliphatic heterocycles. The fraction of sp³-hybridized carbons (Fsp3) is 0.200. The van der Waals surface area contributed by atoms with Gasteiger partial charge in [0.1, 0.15) is 11.3 Å². The molecule has 2 rings (SSSR count). The zero-order valence-electron chi connectivity index (χ0n) is 10.9. The van der Waals surface area contributed by atoms with Gasteiger partial charge in [-0.1, -0.05) is 24.1 Å². The number of terminal acetylenes is 1. The summed E-state index contributed by atoms with van der Waals surface area (Å²) in [7, 11) is 0. The maximum absolute atomic E-state index is 12.2. The van der Waals surface area contributed by atoms with E-state index in [2.05, 4.69) is 16.4 Å². The molecule has 4 nitrogen and oxygen atoms in total. The highest BCUT2D eigenvalue weighted by Gasteiger charge is 2.19. The van der Waals surface area contributed by atoms with Gasteiger partial charge in [-0.05, 0) is 31.5 Å². The highest BCUT2D eigenvalue weighted by Crippen LogP contribution is 2.17. The van der Waals surface area contributed by atoms with E-state index in [0.717, 1.165) is 5.56 Å². The van der Waals surface area contributed by atoms with Crippen molar-refractivity contribution >= 4 is 11.6 Å². The summed E-state index contributed by atoms with van der Waals surface area (Å²) in [5.41, 5.74) is 2.52. The van der Waals surface area contributed by atoms with Crippen LogP contribution in [0.3, 0.4) is 0 Å². The molecule has 1 heterocycles. The number of anilines is 1. The average Bonchev–Trinajstić information content (AvgIpc) is 2.80. The van der Waals surface area contributed by atoms with Gasteiger partial charge in [0, 0.05) is 11.3 Å². The molecule has 0 saturated heterocycles. The summed E-state index contributed by atoms with van der Waals surface area (Å²) in [5, 5.41) is 6.66. The van der Waals surface area contributed by atoms with Crippen LogP contribution in [-0.2, 0) is 6.42 Å². The molecule has 0 atom stereocenters. The van der Waals surface area contributed by atoms with Gasteiger partial charge in [-0.15, -0.1) is 6.42 Å². The number of rotatable bonds is 3. The predicted octanol–water partition coefficient (Wildman–Crippen LogP) is 2.78. The van der Waals surface area contributed by atoms with Crippen LogP contribution in [0.4, 0.5) is 5.69 Å². The van der Waals surface area contributed by atoms with Crippen LogP contribution in [0.2, 0.25) is 0 Å². The zero-order chi connectivity index (χ0) is 13.8. The Labute approximate surface area is 111 Å². The first-order valence-corrected chi connectivity index (χ1v) is 5.99. The van der Waals surface area contributed by atoms with Crippen molar-refractivity contribution in [3.8, 4) is 12.3 Å². The standard InChI is InChI=1S/C15H14N2O2/c1-4-11-7-6-8-12(9-11)16-15(18)14-10(3)19-17-13(14)5-2/h1,6-9H,5H2,2-3H3,(H,16,18). The number of hydrogen-bond donors (Lipinski definition) is 1. The third kappa shape index (κ3) is 2.66. The zero-order valence-corrected chi connectivity index (χ0v) is 10.9. The summed E-state index contributed by atoms with van der Waals surface area (Å²) in [6, 6.07) is 7.13. The second-order valence-corrected chi connectivity index (χ2v) is 4.09. The number of aryl methyl sites for hydroxylation is 2. The summed E-state index contributed by atoms with van der Waals surface area (Å²) in [6.07, 6.45) is 5.97. The number of nitrogens with one attached hydrogen (secondary N) is 1. The molecule has 0 fully saturated rings. The van der Waals surface area contributed by atoms with Gasteiger partial charge in [0.05, 0.1) is 5.69 Å². The van der Waals surface area contributed by atoms with Crippen molar-refractivity contribution < 1.29 is 9.32 Å². The molecule has 2 aromatic rings. The Morgan fingerprint density at radius 2 is 2.32 bits per heavy atom. The van der Waals surface area contributed by atoms with E-state index in [0.29, 0.717) is 29.1 Å². The Bertz CT molecular complexity index is 650. The fourth-order valence-corrected chi connectivity index (χ4v) is 1.83. The van der Waals surface area contributed by atoms with E-state index in [1.54, 1.807) is 31.2 Å². The van der Waals surface area contributed by atoms with Crippen molar-refractivity contribution in [3.05, 3.63) is 46.8 Å². The highest BCUT2D eigenvalue weighted by atomic mass is 16.5. The SMILES string of the molecule is C#Cc1cccc(NC(=O)c2c(CC)noc2C)c1. The number of carbonyl (C=O) groups is 1.